The molecule has 6 nitrogen and oxygen atoms in total. The van der Waals surface area contributed by atoms with Crippen molar-refractivity contribution in [3.8, 4) is 0 Å². The third-order valence-corrected chi connectivity index (χ3v) is 3.64. The Balaban J connectivity index is 1.97. The average molecular weight is 256 g/mol. The molecule has 2 aliphatic heterocycles. The van der Waals surface area contributed by atoms with Gasteiger partial charge in [0.2, 0.25) is 5.91 Å². The Bertz CT molecular complexity index is 328. The number of nitrogens with zero attached hydrogens (tertiary/aromatic N) is 2. The van der Waals surface area contributed by atoms with E-state index in [2.05, 4.69) is 0 Å². The van der Waals surface area contributed by atoms with Gasteiger partial charge in [-0.05, 0) is 12.8 Å². The van der Waals surface area contributed by atoms with Crippen LogP contribution in [0.25, 0.3) is 0 Å². The van der Waals surface area contributed by atoms with Crippen molar-refractivity contribution in [3.63, 3.8) is 0 Å². The number of hydrogen-bond donors (Lipinski definition) is 1. The predicted molar refractivity (Wildman–Crippen MR) is 64.2 cm³/mol. The highest BCUT2D eigenvalue weighted by atomic mass is 16.5. The van der Waals surface area contributed by atoms with Gasteiger partial charge in [-0.15, -0.1) is 0 Å². The Morgan fingerprint density at radius 1 is 1.56 bits per heavy atom. The van der Waals surface area contributed by atoms with E-state index in [4.69, 9.17) is 9.84 Å². The number of ether oxygens (including phenoxy) is 1. The number of amides is 1. The lowest BCUT2D eigenvalue weighted by atomic mass is 10.1. The second kappa shape index (κ2) is 5.67. The largest absolute Gasteiger partial charge is 0.481 e. The van der Waals surface area contributed by atoms with Crippen LogP contribution in [0, 0.1) is 0 Å². The number of carbonyl (C=O) groups is 2. The summed E-state index contributed by atoms with van der Waals surface area (Å²) in [7, 11) is 1.72. The lowest BCUT2D eigenvalue weighted by molar-refractivity contribution is -0.144. The summed E-state index contributed by atoms with van der Waals surface area (Å²) in [5.74, 6) is -0.769. The van der Waals surface area contributed by atoms with E-state index in [0.717, 1.165) is 19.4 Å². The number of carboxylic acid groups (broad SMARTS) is 1. The van der Waals surface area contributed by atoms with Crippen LogP contribution in [0.3, 0.4) is 0 Å². The third-order valence-electron chi connectivity index (χ3n) is 3.64. The van der Waals surface area contributed by atoms with Gasteiger partial charge in [-0.25, -0.2) is 0 Å². The average Bonchev–Trinajstić information content (AvgIpc) is 2.77. The van der Waals surface area contributed by atoms with Crippen molar-refractivity contribution < 1.29 is 19.4 Å². The molecule has 2 saturated heterocycles. The zero-order valence-electron chi connectivity index (χ0n) is 10.7. The highest BCUT2D eigenvalue weighted by Gasteiger charge is 2.33. The summed E-state index contributed by atoms with van der Waals surface area (Å²) in [5.41, 5.74) is 0. The molecule has 18 heavy (non-hydrogen) atoms. The fourth-order valence-electron chi connectivity index (χ4n) is 2.62. The molecule has 0 spiro atoms. The van der Waals surface area contributed by atoms with Crippen molar-refractivity contribution in [2.24, 2.45) is 0 Å². The SMILES string of the molecule is CN1CC(CC(=O)O)N(CC2CCCO2)CC1=O. The summed E-state index contributed by atoms with van der Waals surface area (Å²) in [6.45, 7) is 2.22. The Kier molecular flexibility index (Phi) is 4.19. The number of carboxylic acids is 1. The minimum Gasteiger partial charge on any atom is -0.481 e. The van der Waals surface area contributed by atoms with E-state index in [-0.39, 0.29) is 24.5 Å². The first-order chi connectivity index (χ1) is 8.56. The maximum Gasteiger partial charge on any atom is 0.305 e. The standard InChI is InChI=1S/C12H20N2O4/c1-13-6-9(5-12(16)17)14(8-11(13)15)7-10-3-2-4-18-10/h9-10H,2-8H2,1H3,(H,16,17). The molecule has 0 aromatic rings. The van der Waals surface area contributed by atoms with Crippen LogP contribution in [-0.2, 0) is 14.3 Å². The molecule has 102 valence electrons. The van der Waals surface area contributed by atoms with Crippen LogP contribution in [0.1, 0.15) is 19.3 Å². The number of hydrogen-bond acceptors (Lipinski definition) is 4. The van der Waals surface area contributed by atoms with Crippen LogP contribution < -0.4 is 0 Å². The molecule has 2 atom stereocenters. The number of rotatable bonds is 4. The van der Waals surface area contributed by atoms with Gasteiger partial charge in [-0.2, -0.15) is 0 Å². The van der Waals surface area contributed by atoms with Gasteiger partial charge in [0.15, 0.2) is 0 Å². The topological polar surface area (TPSA) is 70.1 Å². The lowest BCUT2D eigenvalue weighted by Crippen LogP contribution is -2.56. The Morgan fingerprint density at radius 3 is 2.94 bits per heavy atom. The van der Waals surface area contributed by atoms with Crippen molar-refractivity contribution >= 4 is 11.9 Å². The smallest absolute Gasteiger partial charge is 0.305 e. The minimum atomic E-state index is -0.819. The molecule has 6 heteroatoms. The van der Waals surface area contributed by atoms with Gasteiger partial charge < -0.3 is 14.7 Å². The van der Waals surface area contributed by atoms with Gasteiger partial charge >= 0.3 is 5.97 Å². The Labute approximate surface area is 106 Å². The van der Waals surface area contributed by atoms with Crippen LogP contribution in [0.4, 0.5) is 0 Å². The van der Waals surface area contributed by atoms with E-state index in [1.54, 1.807) is 11.9 Å². The second-order valence-electron chi connectivity index (χ2n) is 5.09. The van der Waals surface area contributed by atoms with Crippen molar-refractivity contribution in [2.45, 2.75) is 31.4 Å². The zero-order chi connectivity index (χ0) is 13.1. The summed E-state index contributed by atoms with van der Waals surface area (Å²) in [4.78, 5) is 26.2. The second-order valence-corrected chi connectivity index (χ2v) is 5.09. The molecule has 2 aliphatic rings. The molecule has 2 unspecified atom stereocenters. The summed E-state index contributed by atoms with van der Waals surface area (Å²) in [6, 6.07) is -0.102. The minimum absolute atomic E-state index is 0.0506. The van der Waals surface area contributed by atoms with Gasteiger partial charge in [0.1, 0.15) is 0 Å². The Hall–Kier alpha value is -1.14. The van der Waals surface area contributed by atoms with Crippen LogP contribution in [0.5, 0.6) is 0 Å². The first-order valence-electron chi connectivity index (χ1n) is 6.37. The van der Waals surface area contributed by atoms with Gasteiger partial charge in [0.05, 0.1) is 19.1 Å². The molecule has 0 radical (unpaired) electrons. The highest BCUT2D eigenvalue weighted by molar-refractivity contribution is 5.79. The molecular weight excluding hydrogens is 236 g/mol. The number of aliphatic carboxylic acids is 1. The quantitative estimate of drug-likeness (QED) is 0.753. The fourth-order valence-corrected chi connectivity index (χ4v) is 2.62. The molecular formula is C12H20N2O4. The van der Waals surface area contributed by atoms with Crippen LogP contribution in [0.15, 0.2) is 0 Å². The first kappa shape index (κ1) is 13.3. The molecule has 0 aliphatic carbocycles. The van der Waals surface area contributed by atoms with Crippen molar-refractivity contribution in [1.29, 1.82) is 0 Å². The van der Waals surface area contributed by atoms with Gasteiger partial charge in [0.25, 0.3) is 0 Å². The van der Waals surface area contributed by atoms with Crippen LogP contribution in [-0.4, -0.2) is 72.2 Å². The van der Waals surface area contributed by atoms with Crippen molar-refractivity contribution in [3.05, 3.63) is 0 Å². The highest BCUT2D eigenvalue weighted by Crippen LogP contribution is 2.18. The fraction of sp³-hybridized carbons (Fsp3) is 0.833. The van der Waals surface area contributed by atoms with Gasteiger partial charge in [0, 0.05) is 32.8 Å². The van der Waals surface area contributed by atoms with Crippen molar-refractivity contribution in [2.75, 3.05) is 33.3 Å². The van der Waals surface area contributed by atoms with Crippen LogP contribution >= 0.6 is 0 Å². The van der Waals surface area contributed by atoms with Gasteiger partial charge in [-0.1, -0.05) is 0 Å². The van der Waals surface area contributed by atoms with E-state index in [1.165, 1.54) is 0 Å². The van der Waals surface area contributed by atoms with Gasteiger partial charge in [-0.3, -0.25) is 14.5 Å². The number of piperazine rings is 1. The molecule has 0 bridgehead atoms. The molecule has 2 fully saturated rings. The molecule has 1 amide bonds. The number of carbonyl (C=O) groups excluding carboxylic acids is 1. The zero-order valence-corrected chi connectivity index (χ0v) is 10.7. The molecule has 2 rings (SSSR count). The summed E-state index contributed by atoms with van der Waals surface area (Å²) in [5, 5.41) is 8.94. The normalized spacial score (nSPS) is 29.8. The monoisotopic (exact) mass is 256 g/mol. The lowest BCUT2D eigenvalue weighted by Gasteiger charge is -2.39. The summed E-state index contributed by atoms with van der Waals surface area (Å²) >= 11 is 0. The molecule has 0 saturated carbocycles. The number of likely N-dealkylation sites (N-methyl/N-ethyl adjacent to an activating group) is 1. The van der Waals surface area contributed by atoms with E-state index >= 15 is 0 Å². The van der Waals surface area contributed by atoms with E-state index in [0.29, 0.717) is 19.6 Å². The van der Waals surface area contributed by atoms with Crippen molar-refractivity contribution in [1.82, 2.24) is 9.80 Å². The summed E-state index contributed by atoms with van der Waals surface area (Å²) in [6.07, 6.45) is 2.28. The molecule has 0 aromatic carbocycles. The van der Waals surface area contributed by atoms with E-state index in [9.17, 15) is 9.59 Å². The third kappa shape index (κ3) is 3.20. The van der Waals surface area contributed by atoms with E-state index in [1.807, 2.05) is 4.90 Å². The maximum atomic E-state index is 11.7. The first-order valence-corrected chi connectivity index (χ1v) is 6.37. The predicted octanol–water partition coefficient (Wildman–Crippen LogP) is -0.217. The maximum absolute atomic E-state index is 11.7. The molecule has 2 heterocycles. The molecule has 0 aromatic heterocycles. The summed E-state index contributed by atoms with van der Waals surface area (Å²) < 4.78 is 5.56. The van der Waals surface area contributed by atoms with Crippen LogP contribution in [0.2, 0.25) is 0 Å². The molecule has 1 N–H and O–H groups in total. The van der Waals surface area contributed by atoms with E-state index < -0.39 is 5.97 Å². The Morgan fingerprint density at radius 2 is 2.33 bits per heavy atom.